The van der Waals surface area contributed by atoms with Crippen LogP contribution in [0.1, 0.15) is 5.56 Å². The number of phenolic OH excluding ortho intramolecular Hbond substituents is 1. The monoisotopic (exact) mass is 292 g/mol. The predicted molar refractivity (Wildman–Crippen MR) is 74.5 cm³/mol. The lowest BCUT2D eigenvalue weighted by atomic mass is 10.2. The number of thiophene rings is 1. The Morgan fingerprint density at radius 2 is 2.11 bits per heavy atom. The Kier molecular flexibility index (Phi) is 3.00. The molecule has 1 N–H and O–H groups in total. The van der Waals surface area contributed by atoms with Crippen molar-refractivity contribution < 1.29 is 9.63 Å². The fraction of sp³-hybridized carbons (Fsp3) is 0.0769. The van der Waals surface area contributed by atoms with Crippen molar-refractivity contribution in [3.05, 3.63) is 39.5 Å². The minimum absolute atomic E-state index is 0.0571. The van der Waals surface area contributed by atoms with Gasteiger partial charge < -0.3 is 9.63 Å². The van der Waals surface area contributed by atoms with Gasteiger partial charge in [-0.2, -0.15) is 16.3 Å². The van der Waals surface area contributed by atoms with Crippen molar-refractivity contribution in [3.8, 4) is 28.6 Å². The number of aromatic hydroxyl groups is 1. The van der Waals surface area contributed by atoms with Gasteiger partial charge in [0.2, 0.25) is 5.82 Å². The standard InChI is InChI=1S/C13H9ClN2O2S/c1-7-5-19-6-10(7)12-15-13(18-16-12)9-4-8(14)2-3-11(9)17/h2-6,17H,1H3. The van der Waals surface area contributed by atoms with Gasteiger partial charge in [0.05, 0.1) is 5.56 Å². The number of hydrogen-bond acceptors (Lipinski definition) is 5. The number of aryl methyl sites for hydroxylation is 1. The number of aromatic nitrogens is 2. The second-order valence-corrected chi connectivity index (χ2v) is 5.23. The van der Waals surface area contributed by atoms with Crippen LogP contribution >= 0.6 is 22.9 Å². The zero-order chi connectivity index (χ0) is 13.4. The minimum Gasteiger partial charge on any atom is -0.507 e. The van der Waals surface area contributed by atoms with E-state index in [1.165, 1.54) is 6.07 Å². The van der Waals surface area contributed by atoms with Crippen molar-refractivity contribution in [2.45, 2.75) is 6.92 Å². The van der Waals surface area contributed by atoms with E-state index in [4.69, 9.17) is 16.1 Å². The maximum atomic E-state index is 9.80. The smallest absolute Gasteiger partial charge is 0.262 e. The summed E-state index contributed by atoms with van der Waals surface area (Å²) in [4.78, 5) is 4.30. The lowest BCUT2D eigenvalue weighted by Gasteiger charge is -1.98. The van der Waals surface area contributed by atoms with E-state index in [0.717, 1.165) is 11.1 Å². The van der Waals surface area contributed by atoms with Crippen molar-refractivity contribution in [1.29, 1.82) is 0 Å². The Hall–Kier alpha value is -1.85. The van der Waals surface area contributed by atoms with Gasteiger partial charge in [0.25, 0.3) is 5.89 Å². The molecule has 0 bridgehead atoms. The number of hydrogen-bond donors (Lipinski definition) is 1. The third-order valence-electron chi connectivity index (χ3n) is 2.71. The van der Waals surface area contributed by atoms with E-state index in [9.17, 15) is 5.11 Å². The predicted octanol–water partition coefficient (Wildman–Crippen LogP) is 4.13. The maximum absolute atomic E-state index is 9.80. The van der Waals surface area contributed by atoms with Gasteiger partial charge in [-0.3, -0.25) is 0 Å². The van der Waals surface area contributed by atoms with Crippen LogP contribution in [0.25, 0.3) is 22.8 Å². The van der Waals surface area contributed by atoms with E-state index < -0.39 is 0 Å². The summed E-state index contributed by atoms with van der Waals surface area (Å²) in [7, 11) is 0. The van der Waals surface area contributed by atoms with Gasteiger partial charge in [-0.05, 0) is 36.1 Å². The Morgan fingerprint density at radius 1 is 1.26 bits per heavy atom. The molecule has 3 rings (SSSR count). The van der Waals surface area contributed by atoms with Crippen LogP contribution in [0.15, 0.2) is 33.5 Å². The minimum atomic E-state index is 0.0571. The first-order valence-corrected chi connectivity index (χ1v) is 6.83. The lowest BCUT2D eigenvalue weighted by molar-refractivity contribution is 0.425. The SMILES string of the molecule is Cc1cscc1-c1noc(-c2cc(Cl)ccc2O)n1. The molecular formula is C13H9ClN2O2S. The van der Waals surface area contributed by atoms with Gasteiger partial charge in [0.1, 0.15) is 5.75 Å². The summed E-state index contributed by atoms with van der Waals surface area (Å²) >= 11 is 7.48. The van der Waals surface area contributed by atoms with Gasteiger partial charge in [-0.15, -0.1) is 0 Å². The zero-order valence-electron chi connectivity index (χ0n) is 9.92. The first-order chi connectivity index (χ1) is 9.15. The molecule has 0 aliphatic rings. The molecule has 0 spiro atoms. The lowest BCUT2D eigenvalue weighted by Crippen LogP contribution is -1.82. The molecule has 2 heterocycles. The van der Waals surface area contributed by atoms with E-state index in [2.05, 4.69) is 10.1 Å². The topological polar surface area (TPSA) is 59.2 Å². The van der Waals surface area contributed by atoms with Crippen LogP contribution in [0, 0.1) is 6.92 Å². The Morgan fingerprint density at radius 3 is 2.84 bits per heavy atom. The zero-order valence-corrected chi connectivity index (χ0v) is 11.5. The summed E-state index contributed by atoms with van der Waals surface area (Å²) in [5.41, 5.74) is 2.45. The van der Waals surface area contributed by atoms with Crippen LogP contribution in [0.5, 0.6) is 5.75 Å². The van der Waals surface area contributed by atoms with Crippen molar-refractivity contribution in [2.75, 3.05) is 0 Å². The normalized spacial score (nSPS) is 10.8. The highest BCUT2D eigenvalue weighted by molar-refractivity contribution is 7.08. The third kappa shape index (κ3) is 2.22. The van der Waals surface area contributed by atoms with E-state index in [0.29, 0.717) is 16.4 Å². The molecule has 6 heteroatoms. The molecular weight excluding hydrogens is 284 g/mol. The molecule has 3 aromatic rings. The highest BCUT2D eigenvalue weighted by Gasteiger charge is 2.15. The molecule has 0 fully saturated rings. The van der Waals surface area contributed by atoms with E-state index in [1.807, 2.05) is 17.7 Å². The van der Waals surface area contributed by atoms with E-state index >= 15 is 0 Å². The van der Waals surface area contributed by atoms with Gasteiger partial charge in [-0.1, -0.05) is 16.8 Å². The summed E-state index contributed by atoms with van der Waals surface area (Å²) < 4.78 is 5.19. The van der Waals surface area contributed by atoms with Crippen LogP contribution < -0.4 is 0 Å². The van der Waals surface area contributed by atoms with Crippen LogP contribution in [-0.4, -0.2) is 15.2 Å². The average Bonchev–Trinajstić information content (AvgIpc) is 3.00. The summed E-state index contributed by atoms with van der Waals surface area (Å²) in [6, 6.07) is 4.69. The van der Waals surface area contributed by atoms with Crippen molar-refractivity contribution in [1.82, 2.24) is 10.1 Å². The molecule has 4 nitrogen and oxygen atoms in total. The maximum Gasteiger partial charge on any atom is 0.262 e. The molecule has 2 aromatic heterocycles. The summed E-state index contributed by atoms with van der Waals surface area (Å²) in [6.07, 6.45) is 0. The summed E-state index contributed by atoms with van der Waals surface area (Å²) in [5, 5.41) is 18.2. The van der Waals surface area contributed by atoms with Gasteiger partial charge in [0.15, 0.2) is 0 Å². The van der Waals surface area contributed by atoms with Crippen molar-refractivity contribution in [3.63, 3.8) is 0 Å². The van der Waals surface area contributed by atoms with E-state index in [-0.39, 0.29) is 11.6 Å². The molecule has 0 saturated heterocycles. The van der Waals surface area contributed by atoms with Gasteiger partial charge in [-0.25, -0.2) is 0 Å². The van der Waals surface area contributed by atoms with Crippen LogP contribution in [-0.2, 0) is 0 Å². The average molecular weight is 293 g/mol. The molecule has 0 unspecified atom stereocenters. The number of nitrogens with zero attached hydrogens (tertiary/aromatic N) is 2. The fourth-order valence-corrected chi connectivity index (χ4v) is 2.71. The third-order valence-corrected chi connectivity index (χ3v) is 3.81. The van der Waals surface area contributed by atoms with Gasteiger partial charge >= 0.3 is 0 Å². The molecule has 0 aliphatic heterocycles. The summed E-state index contributed by atoms with van der Waals surface area (Å²) in [5.74, 6) is 0.815. The molecule has 0 atom stereocenters. The van der Waals surface area contributed by atoms with Crippen LogP contribution in [0.2, 0.25) is 5.02 Å². The highest BCUT2D eigenvalue weighted by atomic mass is 35.5. The second-order valence-electron chi connectivity index (χ2n) is 4.05. The Labute approximate surface area is 118 Å². The molecule has 19 heavy (non-hydrogen) atoms. The first-order valence-electron chi connectivity index (χ1n) is 5.51. The molecule has 0 radical (unpaired) electrons. The molecule has 0 saturated carbocycles. The Bertz CT molecular complexity index is 736. The molecule has 0 amide bonds. The quantitative estimate of drug-likeness (QED) is 0.771. The highest BCUT2D eigenvalue weighted by Crippen LogP contribution is 2.32. The number of benzene rings is 1. The van der Waals surface area contributed by atoms with Crippen LogP contribution in [0.3, 0.4) is 0 Å². The van der Waals surface area contributed by atoms with Gasteiger partial charge in [0, 0.05) is 16.0 Å². The number of halogens is 1. The second kappa shape index (κ2) is 4.68. The molecule has 96 valence electrons. The summed E-state index contributed by atoms with van der Waals surface area (Å²) in [6.45, 7) is 1.98. The number of phenols is 1. The van der Waals surface area contributed by atoms with Crippen molar-refractivity contribution >= 4 is 22.9 Å². The first kappa shape index (κ1) is 12.2. The van der Waals surface area contributed by atoms with E-state index in [1.54, 1.807) is 23.5 Å². The molecule has 1 aromatic carbocycles. The Balaban J connectivity index is 2.06. The number of rotatable bonds is 2. The largest absolute Gasteiger partial charge is 0.507 e. The fourth-order valence-electron chi connectivity index (χ4n) is 1.71. The van der Waals surface area contributed by atoms with Crippen LogP contribution in [0.4, 0.5) is 0 Å². The van der Waals surface area contributed by atoms with Crippen molar-refractivity contribution in [2.24, 2.45) is 0 Å². The molecule has 0 aliphatic carbocycles.